The van der Waals surface area contributed by atoms with Crippen LogP contribution in [0.1, 0.15) is 51.5 Å². The monoisotopic (exact) mass is 442 g/mol. The number of anilines is 1. The number of carbonyl (C=O) groups is 1. The maximum absolute atomic E-state index is 13.3. The number of nitrogens with zero attached hydrogens (tertiary/aromatic N) is 3. The van der Waals surface area contributed by atoms with Crippen LogP contribution in [0, 0.1) is 5.92 Å². The topological polar surface area (TPSA) is 66.7 Å². The summed E-state index contributed by atoms with van der Waals surface area (Å²) in [5.74, 6) is 0.718. The van der Waals surface area contributed by atoms with Gasteiger partial charge in [-0.2, -0.15) is 0 Å². The minimum absolute atomic E-state index is 0.139. The van der Waals surface area contributed by atoms with Crippen LogP contribution < -0.4 is 10.9 Å². The molecule has 1 N–H and O–H groups in total. The van der Waals surface area contributed by atoms with Crippen LogP contribution in [0.2, 0.25) is 0 Å². The first-order valence-electron chi connectivity index (χ1n) is 10.5. The molecule has 0 radical (unpaired) electrons. The van der Waals surface area contributed by atoms with E-state index in [1.54, 1.807) is 23.2 Å². The number of nitrogens with one attached hydrogen (secondary N) is 1. The molecule has 0 spiro atoms. The van der Waals surface area contributed by atoms with Gasteiger partial charge in [0.05, 0.1) is 10.5 Å². The summed E-state index contributed by atoms with van der Waals surface area (Å²) in [6, 6.07) is 5.78. The molecule has 2 aliphatic rings. The molecule has 30 heavy (non-hydrogen) atoms. The van der Waals surface area contributed by atoms with Gasteiger partial charge in [0.2, 0.25) is 0 Å². The van der Waals surface area contributed by atoms with Gasteiger partial charge in [0.25, 0.3) is 11.5 Å². The van der Waals surface area contributed by atoms with Crippen molar-refractivity contribution in [3.63, 3.8) is 0 Å². The molecule has 8 heteroatoms. The van der Waals surface area contributed by atoms with Crippen molar-refractivity contribution in [2.75, 3.05) is 11.9 Å². The molecule has 1 aliphatic carbocycles. The molecule has 2 fully saturated rings. The highest BCUT2D eigenvalue weighted by Crippen LogP contribution is 2.34. The van der Waals surface area contributed by atoms with E-state index in [0.29, 0.717) is 44.8 Å². The van der Waals surface area contributed by atoms with Gasteiger partial charge in [-0.1, -0.05) is 63.2 Å². The number of carbonyl (C=O) groups excluding carboxylic acids is 1. The number of amides is 1. The Morgan fingerprint density at radius 2 is 2.03 bits per heavy atom. The first-order valence-corrected chi connectivity index (χ1v) is 11.7. The van der Waals surface area contributed by atoms with Gasteiger partial charge in [-0.3, -0.25) is 18.9 Å². The Kier molecular flexibility index (Phi) is 6.24. The van der Waals surface area contributed by atoms with Crippen LogP contribution in [0.15, 0.2) is 34.1 Å². The van der Waals surface area contributed by atoms with Gasteiger partial charge in [-0.05, 0) is 37.0 Å². The average molecular weight is 443 g/mol. The van der Waals surface area contributed by atoms with E-state index in [-0.39, 0.29) is 11.5 Å². The number of rotatable bonds is 5. The van der Waals surface area contributed by atoms with Crippen LogP contribution >= 0.6 is 24.0 Å². The highest BCUT2D eigenvalue weighted by Gasteiger charge is 2.33. The molecular formula is C22H26N4O2S2. The van der Waals surface area contributed by atoms with Crippen molar-refractivity contribution < 1.29 is 4.79 Å². The highest BCUT2D eigenvalue weighted by molar-refractivity contribution is 8.26. The lowest BCUT2D eigenvalue weighted by molar-refractivity contribution is -0.122. The minimum Gasteiger partial charge on any atom is -0.367 e. The Balaban J connectivity index is 1.76. The zero-order valence-corrected chi connectivity index (χ0v) is 18.9. The molecule has 1 saturated carbocycles. The summed E-state index contributed by atoms with van der Waals surface area (Å²) >= 11 is 6.67. The fraction of sp³-hybridized carbons (Fsp3) is 0.455. The average Bonchev–Trinajstić information content (AvgIpc) is 2.98. The van der Waals surface area contributed by atoms with Crippen LogP contribution in [0.3, 0.4) is 0 Å². The summed E-state index contributed by atoms with van der Waals surface area (Å²) in [7, 11) is 0. The molecule has 158 valence electrons. The fourth-order valence-corrected chi connectivity index (χ4v) is 5.19. The lowest BCUT2D eigenvalue weighted by atomic mass is 9.95. The van der Waals surface area contributed by atoms with E-state index in [1.165, 1.54) is 35.4 Å². The maximum Gasteiger partial charge on any atom is 0.267 e. The molecule has 4 rings (SSSR count). The molecule has 2 aromatic rings. The predicted molar refractivity (Wildman–Crippen MR) is 127 cm³/mol. The fourth-order valence-electron chi connectivity index (χ4n) is 3.94. The van der Waals surface area contributed by atoms with Crippen molar-refractivity contribution in [2.45, 2.75) is 52.0 Å². The number of fused-ring (bicyclic) bond motifs is 1. The van der Waals surface area contributed by atoms with E-state index in [1.807, 2.05) is 26.0 Å². The lowest BCUT2D eigenvalue weighted by Gasteiger charge is -2.24. The summed E-state index contributed by atoms with van der Waals surface area (Å²) in [6.45, 7) is 4.67. The maximum atomic E-state index is 13.3. The zero-order valence-electron chi connectivity index (χ0n) is 17.3. The van der Waals surface area contributed by atoms with Gasteiger partial charge in [-0.25, -0.2) is 4.98 Å². The Morgan fingerprint density at radius 3 is 2.77 bits per heavy atom. The van der Waals surface area contributed by atoms with Crippen LogP contribution in [0.25, 0.3) is 11.7 Å². The first-order chi connectivity index (χ1) is 14.4. The molecular weight excluding hydrogens is 416 g/mol. The Bertz CT molecular complexity index is 1070. The van der Waals surface area contributed by atoms with Crippen LogP contribution in [0.4, 0.5) is 5.82 Å². The Hall–Kier alpha value is -2.19. The van der Waals surface area contributed by atoms with Crippen molar-refractivity contribution in [3.8, 4) is 0 Å². The second kappa shape index (κ2) is 8.89. The third-order valence-electron chi connectivity index (χ3n) is 5.41. The van der Waals surface area contributed by atoms with E-state index >= 15 is 0 Å². The number of aromatic nitrogens is 2. The number of pyridine rings is 1. The molecule has 3 heterocycles. The second-order valence-corrected chi connectivity index (χ2v) is 9.95. The zero-order chi connectivity index (χ0) is 21.3. The largest absolute Gasteiger partial charge is 0.367 e. The second-order valence-electron chi connectivity index (χ2n) is 8.27. The number of hydrogen-bond donors (Lipinski definition) is 1. The van der Waals surface area contributed by atoms with Gasteiger partial charge in [-0.15, -0.1) is 0 Å². The molecule has 0 unspecified atom stereocenters. The normalized spacial score (nSPS) is 19.4. The van der Waals surface area contributed by atoms with E-state index < -0.39 is 0 Å². The summed E-state index contributed by atoms with van der Waals surface area (Å²) in [6.07, 6.45) is 9.09. The van der Waals surface area contributed by atoms with Crippen LogP contribution in [0.5, 0.6) is 0 Å². The molecule has 0 aromatic carbocycles. The third-order valence-corrected chi connectivity index (χ3v) is 6.79. The van der Waals surface area contributed by atoms with E-state index in [2.05, 4.69) is 5.32 Å². The molecule has 1 amide bonds. The Morgan fingerprint density at radius 1 is 1.27 bits per heavy atom. The van der Waals surface area contributed by atoms with E-state index in [9.17, 15) is 9.59 Å². The van der Waals surface area contributed by atoms with E-state index in [4.69, 9.17) is 17.2 Å². The summed E-state index contributed by atoms with van der Waals surface area (Å²) in [4.78, 5) is 33.0. The van der Waals surface area contributed by atoms with Crippen molar-refractivity contribution in [2.24, 2.45) is 5.92 Å². The number of thioether (sulfide) groups is 1. The van der Waals surface area contributed by atoms with Gasteiger partial charge in [0, 0.05) is 18.8 Å². The van der Waals surface area contributed by atoms with Crippen molar-refractivity contribution in [1.29, 1.82) is 0 Å². The highest BCUT2D eigenvalue weighted by atomic mass is 32.2. The summed E-state index contributed by atoms with van der Waals surface area (Å²) in [5, 5.41) is 3.49. The van der Waals surface area contributed by atoms with Crippen LogP contribution in [-0.4, -0.2) is 37.1 Å². The quantitative estimate of drug-likeness (QED) is 0.550. The lowest BCUT2D eigenvalue weighted by Crippen LogP contribution is -2.31. The standard InChI is InChI=1S/C22H26N4O2S2/c1-14(2)13-26-21(28)17(30-22(26)29)12-16-19(23-15-8-4-3-5-9-15)24-18-10-6-7-11-25(18)20(16)27/h6-7,10-12,14-15,23H,3-5,8-9,13H2,1-2H3/b17-12+. The molecule has 6 nitrogen and oxygen atoms in total. The van der Waals surface area contributed by atoms with Crippen molar-refractivity contribution in [1.82, 2.24) is 14.3 Å². The SMILES string of the molecule is CC(C)CN1C(=O)/C(=C\c2c(NC3CCCCC3)nc3ccccn3c2=O)SC1=S. The summed E-state index contributed by atoms with van der Waals surface area (Å²) < 4.78 is 2.06. The summed E-state index contributed by atoms with van der Waals surface area (Å²) in [5.41, 5.74) is 0.813. The van der Waals surface area contributed by atoms with Gasteiger partial charge >= 0.3 is 0 Å². The molecule has 1 saturated heterocycles. The number of hydrogen-bond acceptors (Lipinski definition) is 6. The molecule has 1 aliphatic heterocycles. The van der Waals surface area contributed by atoms with Gasteiger partial charge < -0.3 is 5.32 Å². The third kappa shape index (κ3) is 4.30. The van der Waals surface area contributed by atoms with Crippen molar-refractivity contribution >= 4 is 51.7 Å². The van der Waals surface area contributed by atoms with Gasteiger partial charge in [0.1, 0.15) is 15.8 Å². The predicted octanol–water partition coefficient (Wildman–Crippen LogP) is 4.30. The Labute approximate surface area is 185 Å². The van der Waals surface area contributed by atoms with E-state index in [0.717, 1.165) is 12.8 Å². The molecule has 2 aromatic heterocycles. The van der Waals surface area contributed by atoms with Gasteiger partial charge in [0.15, 0.2) is 0 Å². The molecule has 0 bridgehead atoms. The van der Waals surface area contributed by atoms with Crippen molar-refractivity contribution in [3.05, 3.63) is 45.2 Å². The molecule has 0 atom stereocenters. The smallest absolute Gasteiger partial charge is 0.267 e. The van der Waals surface area contributed by atoms with Crippen LogP contribution in [-0.2, 0) is 4.79 Å². The number of thiocarbonyl (C=S) groups is 1. The first kappa shape index (κ1) is 21.1. The minimum atomic E-state index is -0.187.